The number of nitrogens with zero attached hydrogens (tertiary/aromatic N) is 3. The summed E-state index contributed by atoms with van der Waals surface area (Å²) in [5.74, 6) is -0.221. The molecule has 1 amide bonds. The van der Waals surface area contributed by atoms with Crippen LogP contribution in [0, 0.1) is 0 Å². The topological polar surface area (TPSA) is 85.8 Å². The van der Waals surface area contributed by atoms with E-state index in [1.807, 2.05) is 6.20 Å². The molecule has 0 saturated heterocycles. The Bertz CT molecular complexity index is 562. The van der Waals surface area contributed by atoms with E-state index < -0.39 is 6.04 Å². The predicted octanol–water partition coefficient (Wildman–Crippen LogP) is 0.755. The van der Waals surface area contributed by atoms with E-state index in [4.69, 9.17) is 5.73 Å². The van der Waals surface area contributed by atoms with E-state index >= 15 is 0 Å². The molecule has 19 heavy (non-hydrogen) atoms. The van der Waals surface area contributed by atoms with Crippen molar-refractivity contribution in [2.24, 2.45) is 12.8 Å². The lowest BCUT2D eigenvalue weighted by Crippen LogP contribution is -2.33. The summed E-state index contributed by atoms with van der Waals surface area (Å²) in [6.07, 6.45) is 6.14. The summed E-state index contributed by atoms with van der Waals surface area (Å²) in [6.45, 7) is 2.49. The zero-order chi connectivity index (χ0) is 13.8. The van der Waals surface area contributed by atoms with E-state index in [9.17, 15) is 4.79 Å². The maximum atomic E-state index is 11.9. The van der Waals surface area contributed by atoms with Gasteiger partial charge in [0.1, 0.15) is 11.0 Å². The van der Waals surface area contributed by atoms with Gasteiger partial charge >= 0.3 is 0 Å². The summed E-state index contributed by atoms with van der Waals surface area (Å²) < 4.78 is 1.62. The molecule has 2 aromatic heterocycles. The SMILES string of the molecule is CCc1cnc(CNC(=O)C(N)c2cnn(C)c2)s1. The minimum Gasteiger partial charge on any atom is -0.348 e. The molecular formula is C12H17N5OS. The van der Waals surface area contributed by atoms with Gasteiger partial charge in [0, 0.05) is 29.9 Å². The van der Waals surface area contributed by atoms with Gasteiger partial charge in [-0.05, 0) is 6.42 Å². The molecule has 0 aliphatic carbocycles. The molecule has 3 N–H and O–H groups in total. The van der Waals surface area contributed by atoms with Crippen LogP contribution < -0.4 is 11.1 Å². The number of hydrogen-bond acceptors (Lipinski definition) is 5. The number of carbonyl (C=O) groups is 1. The van der Waals surface area contributed by atoms with Crippen molar-refractivity contribution in [3.8, 4) is 0 Å². The Morgan fingerprint density at radius 1 is 1.58 bits per heavy atom. The van der Waals surface area contributed by atoms with E-state index in [1.165, 1.54) is 4.88 Å². The van der Waals surface area contributed by atoms with E-state index in [2.05, 4.69) is 22.3 Å². The fourth-order valence-corrected chi connectivity index (χ4v) is 2.42. The van der Waals surface area contributed by atoms with E-state index in [0.717, 1.165) is 11.4 Å². The van der Waals surface area contributed by atoms with Crippen LogP contribution >= 0.6 is 11.3 Å². The van der Waals surface area contributed by atoms with Gasteiger partial charge in [-0.3, -0.25) is 9.48 Å². The number of rotatable bonds is 5. The molecule has 0 bridgehead atoms. The third-order valence-corrected chi connectivity index (χ3v) is 3.87. The van der Waals surface area contributed by atoms with E-state index in [1.54, 1.807) is 35.5 Å². The molecule has 0 aliphatic rings. The second kappa shape index (κ2) is 5.94. The van der Waals surface area contributed by atoms with Crippen LogP contribution in [0.3, 0.4) is 0 Å². The Hall–Kier alpha value is -1.73. The molecular weight excluding hydrogens is 262 g/mol. The van der Waals surface area contributed by atoms with Crippen LogP contribution in [0.4, 0.5) is 0 Å². The molecule has 2 heterocycles. The smallest absolute Gasteiger partial charge is 0.241 e. The first-order valence-corrected chi connectivity index (χ1v) is 6.87. The average molecular weight is 279 g/mol. The first-order chi connectivity index (χ1) is 9.10. The zero-order valence-corrected chi connectivity index (χ0v) is 11.8. The van der Waals surface area contributed by atoms with Crippen LogP contribution in [-0.4, -0.2) is 20.7 Å². The summed E-state index contributed by atoms with van der Waals surface area (Å²) in [7, 11) is 1.79. The molecule has 0 aliphatic heterocycles. The summed E-state index contributed by atoms with van der Waals surface area (Å²) in [6, 6.07) is -0.695. The molecule has 1 unspecified atom stereocenters. The molecule has 0 radical (unpaired) electrons. The van der Waals surface area contributed by atoms with Crippen LogP contribution in [0.2, 0.25) is 0 Å². The predicted molar refractivity (Wildman–Crippen MR) is 73.5 cm³/mol. The third-order valence-electron chi connectivity index (χ3n) is 2.73. The van der Waals surface area contributed by atoms with Crippen molar-refractivity contribution in [2.45, 2.75) is 25.9 Å². The van der Waals surface area contributed by atoms with Gasteiger partial charge in [0.25, 0.3) is 0 Å². The van der Waals surface area contributed by atoms with Crippen molar-refractivity contribution in [3.05, 3.63) is 34.0 Å². The van der Waals surface area contributed by atoms with E-state index in [-0.39, 0.29) is 5.91 Å². The van der Waals surface area contributed by atoms with Crippen LogP contribution in [0.1, 0.15) is 28.4 Å². The Kier molecular flexibility index (Phi) is 4.28. The van der Waals surface area contributed by atoms with Crippen molar-refractivity contribution in [1.29, 1.82) is 0 Å². The summed E-state index contributed by atoms with van der Waals surface area (Å²) in [5.41, 5.74) is 6.57. The van der Waals surface area contributed by atoms with Crippen molar-refractivity contribution in [2.75, 3.05) is 0 Å². The van der Waals surface area contributed by atoms with Gasteiger partial charge in [-0.25, -0.2) is 4.98 Å². The lowest BCUT2D eigenvalue weighted by molar-refractivity contribution is -0.122. The van der Waals surface area contributed by atoms with Crippen LogP contribution in [-0.2, 0) is 24.8 Å². The van der Waals surface area contributed by atoms with Crippen molar-refractivity contribution in [1.82, 2.24) is 20.1 Å². The van der Waals surface area contributed by atoms with Gasteiger partial charge in [-0.15, -0.1) is 11.3 Å². The normalized spacial score (nSPS) is 12.4. The highest BCUT2D eigenvalue weighted by molar-refractivity contribution is 7.11. The Morgan fingerprint density at radius 2 is 2.37 bits per heavy atom. The van der Waals surface area contributed by atoms with Crippen LogP contribution in [0.5, 0.6) is 0 Å². The first kappa shape index (κ1) is 13.7. The molecule has 0 saturated carbocycles. The number of hydrogen-bond donors (Lipinski definition) is 2. The number of aromatic nitrogens is 3. The summed E-state index contributed by atoms with van der Waals surface area (Å²) in [5, 5.41) is 7.68. The second-order valence-corrected chi connectivity index (χ2v) is 5.42. The third kappa shape index (κ3) is 3.39. The lowest BCUT2D eigenvalue weighted by atomic mass is 10.1. The fourth-order valence-electron chi connectivity index (χ4n) is 1.62. The summed E-state index contributed by atoms with van der Waals surface area (Å²) in [4.78, 5) is 17.4. The molecule has 2 rings (SSSR count). The lowest BCUT2D eigenvalue weighted by Gasteiger charge is -2.09. The van der Waals surface area contributed by atoms with Gasteiger partial charge in [0.05, 0.1) is 12.7 Å². The molecule has 0 fully saturated rings. The first-order valence-electron chi connectivity index (χ1n) is 6.05. The largest absolute Gasteiger partial charge is 0.348 e. The number of aryl methyl sites for hydroxylation is 2. The van der Waals surface area contributed by atoms with Gasteiger partial charge < -0.3 is 11.1 Å². The Balaban J connectivity index is 1.90. The molecule has 0 aromatic carbocycles. The van der Waals surface area contributed by atoms with Crippen LogP contribution in [0.15, 0.2) is 18.6 Å². The zero-order valence-electron chi connectivity index (χ0n) is 11.0. The van der Waals surface area contributed by atoms with Gasteiger partial charge in [-0.1, -0.05) is 6.92 Å². The number of carbonyl (C=O) groups excluding carboxylic acids is 1. The van der Waals surface area contributed by atoms with Crippen LogP contribution in [0.25, 0.3) is 0 Å². The molecule has 0 spiro atoms. The van der Waals surface area contributed by atoms with Crippen molar-refractivity contribution >= 4 is 17.2 Å². The molecule has 2 aromatic rings. The van der Waals surface area contributed by atoms with Gasteiger partial charge in [0.2, 0.25) is 5.91 Å². The van der Waals surface area contributed by atoms with Gasteiger partial charge in [0.15, 0.2) is 0 Å². The Morgan fingerprint density at radius 3 is 2.95 bits per heavy atom. The molecule has 102 valence electrons. The number of nitrogens with two attached hydrogens (primary N) is 1. The maximum Gasteiger partial charge on any atom is 0.241 e. The molecule has 6 nitrogen and oxygen atoms in total. The number of nitrogens with one attached hydrogen (secondary N) is 1. The quantitative estimate of drug-likeness (QED) is 0.846. The van der Waals surface area contributed by atoms with Crippen molar-refractivity contribution < 1.29 is 4.79 Å². The van der Waals surface area contributed by atoms with Gasteiger partial charge in [-0.2, -0.15) is 5.10 Å². The number of amides is 1. The maximum absolute atomic E-state index is 11.9. The van der Waals surface area contributed by atoms with Crippen molar-refractivity contribution in [3.63, 3.8) is 0 Å². The second-order valence-electron chi connectivity index (χ2n) is 4.22. The minimum atomic E-state index is -0.695. The molecule has 7 heteroatoms. The highest BCUT2D eigenvalue weighted by Gasteiger charge is 2.17. The highest BCUT2D eigenvalue weighted by atomic mass is 32.1. The van der Waals surface area contributed by atoms with E-state index in [0.29, 0.717) is 12.1 Å². The monoisotopic (exact) mass is 279 g/mol. The standard InChI is InChI=1S/C12H17N5OS/c1-3-9-5-14-10(19-9)6-15-12(18)11(13)8-4-16-17(2)7-8/h4-5,7,11H,3,6,13H2,1-2H3,(H,15,18). The minimum absolute atomic E-state index is 0.221. The molecule has 1 atom stereocenters. The summed E-state index contributed by atoms with van der Waals surface area (Å²) >= 11 is 1.60. The average Bonchev–Trinajstić information content (AvgIpc) is 3.03. The number of thiazole rings is 1. The fraction of sp³-hybridized carbons (Fsp3) is 0.417. The Labute approximate surface area is 115 Å². The highest BCUT2D eigenvalue weighted by Crippen LogP contribution is 2.14.